The van der Waals surface area contributed by atoms with Gasteiger partial charge in [0.25, 0.3) is 0 Å². The molecule has 1 aliphatic rings. The Kier molecular flexibility index (Phi) is 4.97. The Bertz CT molecular complexity index is 495. The Morgan fingerprint density at radius 3 is 3.05 bits per heavy atom. The zero-order valence-corrected chi connectivity index (χ0v) is 12.2. The van der Waals surface area contributed by atoms with Gasteiger partial charge < -0.3 is 10.2 Å². The lowest BCUT2D eigenvalue weighted by atomic mass is 9.91. The van der Waals surface area contributed by atoms with E-state index in [0.29, 0.717) is 12.0 Å². The fraction of sp³-hybridized carbons (Fsp3) is 0.562. The summed E-state index contributed by atoms with van der Waals surface area (Å²) in [7, 11) is 0. The summed E-state index contributed by atoms with van der Waals surface area (Å²) in [4.78, 5) is 2.47. The summed E-state index contributed by atoms with van der Waals surface area (Å²) < 4.78 is 13.3. The average molecular weight is 275 g/mol. The number of hydrogen-bond donors (Lipinski definition) is 1. The molecule has 0 aromatic heterocycles. The van der Waals surface area contributed by atoms with E-state index in [4.69, 9.17) is 5.26 Å². The van der Waals surface area contributed by atoms with Gasteiger partial charge in [0, 0.05) is 18.3 Å². The highest BCUT2D eigenvalue weighted by atomic mass is 19.1. The SMILES string of the molecule is CCN1CCCC(C(C)Nc2ccc(F)c(C#N)c2)C1. The molecule has 2 unspecified atom stereocenters. The van der Waals surface area contributed by atoms with Gasteiger partial charge in [-0.3, -0.25) is 0 Å². The molecular weight excluding hydrogens is 253 g/mol. The van der Waals surface area contributed by atoms with Crippen molar-refractivity contribution in [2.75, 3.05) is 25.0 Å². The maximum absolute atomic E-state index is 13.3. The first kappa shape index (κ1) is 14.8. The van der Waals surface area contributed by atoms with E-state index >= 15 is 0 Å². The normalized spacial score (nSPS) is 21.2. The summed E-state index contributed by atoms with van der Waals surface area (Å²) in [6, 6.07) is 6.85. The zero-order chi connectivity index (χ0) is 14.5. The van der Waals surface area contributed by atoms with Crippen molar-refractivity contribution in [3.8, 4) is 6.07 Å². The Morgan fingerprint density at radius 1 is 1.55 bits per heavy atom. The van der Waals surface area contributed by atoms with E-state index in [9.17, 15) is 4.39 Å². The van der Waals surface area contributed by atoms with Crippen molar-refractivity contribution in [1.29, 1.82) is 5.26 Å². The zero-order valence-electron chi connectivity index (χ0n) is 12.2. The summed E-state index contributed by atoms with van der Waals surface area (Å²) in [6.45, 7) is 7.75. The fourth-order valence-electron chi connectivity index (χ4n) is 2.87. The second-order valence-corrected chi connectivity index (χ2v) is 5.53. The molecule has 0 radical (unpaired) electrons. The maximum atomic E-state index is 13.3. The minimum Gasteiger partial charge on any atom is -0.382 e. The molecule has 20 heavy (non-hydrogen) atoms. The van der Waals surface area contributed by atoms with Crippen LogP contribution >= 0.6 is 0 Å². The number of nitrogens with one attached hydrogen (secondary N) is 1. The molecule has 0 bridgehead atoms. The molecular formula is C16H22FN3. The molecule has 1 heterocycles. The number of benzene rings is 1. The number of nitriles is 1. The molecule has 2 rings (SSSR count). The van der Waals surface area contributed by atoms with Crippen molar-refractivity contribution in [2.24, 2.45) is 5.92 Å². The third-order valence-electron chi connectivity index (χ3n) is 4.18. The van der Waals surface area contributed by atoms with Crippen molar-refractivity contribution in [2.45, 2.75) is 32.7 Å². The van der Waals surface area contributed by atoms with Crippen LogP contribution in [-0.4, -0.2) is 30.6 Å². The van der Waals surface area contributed by atoms with Crippen molar-refractivity contribution >= 4 is 5.69 Å². The highest BCUT2D eigenvalue weighted by molar-refractivity contribution is 5.50. The predicted octanol–water partition coefficient (Wildman–Crippen LogP) is 3.23. The Morgan fingerprint density at radius 2 is 2.35 bits per heavy atom. The van der Waals surface area contributed by atoms with Crippen LogP contribution in [0.15, 0.2) is 18.2 Å². The Balaban J connectivity index is 2.00. The van der Waals surface area contributed by atoms with E-state index in [2.05, 4.69) is 24.1 Å². The van der Waals surface area contributed by atoms with Gasteiger partial charge in [0.05, 0.1) is 5.56 Å². The molecule has 1 saturated heterocycles. The van der Waals surface area contributed by atoms with E-state index in [1.807, 2.05) is 6.07 Å². The van der Waals surface area contributed by atoms with Gasteiger partial charge >= 0.3 is 0 Å². The molecule has 108 valence electrons. The van der Waals surface area contributed by atoms with Crippen molar-refractivity contribution < 1.29 is 4.39 Å². The number of anilines is 1. The van der Waals surface area contributed by atoms with Crippen molar-refractivity contribution in [1.82, 2.24) is 4.90 Å². The molecule has 0 saturated carbocycles. The minimum atomic E-state index is -0.458. The highest BCUT2D eigenvalue weighted by Gasteiger charge is 2.23. The minimum absolute atomic E-state index is 0.0982. The smallest absolute Gasteiger partial charge is 0.141 e. The first-order chi connectivity index (χ1) is 9.63. The largest absolute Gasteiger partial charge is 0.382 e. The van der Waals surface area contributed by atoms with Crippen LogP contribution in [0.1, 0.15) is 32.3 Å². The molecule has 1 aliphatic heterocycles. The van der Waals surface area contributed by atoms with Crippen molar-refractivity contribution in [3.63, 3.8) is 0 Å². The van der Waals surface area contributed by atoms with Gasteiger partial charge in [0.15, 0.2) is 0 Å². The number of hydrogen-bond acceptors (Lipinski definition) is 3. The molecule has 2 atom stereocenters. The number of rotatable bonds is 4. The molecule has 1 aromatic carbocycles. The Hall–Kier alpha value is -1.60. The fourth-order valence-corrected chi connectivity index (χ4v) is 2.87. The van der Waals surface area contributed by atoms with Crippen LogP contribution in [0.25, 0.3) is 0 Å². The van der Waals surface area contributed by atoms with Gasteiger partial charge in [0.1, 0.15) is 11.9 Å². The van der Waals surface area contributed by atoms with E-state index in [1.165, 1.54) is 25.5 Å². The molecule has 3 nitrogen and oxygen atoms in total. The van der Waals surface area contributed by atoms with Gasteiger partial charge in [0.2, 0.25) is 0 Å². The van der Waals surface area contributed by atoms with Gasteiger partial charge in [-0.05, 0) is 57.0 Å². The second-order valence-electron chi connectivity index (χ2n) is 5.53. The summed E-state index contributed by atoms with van der Waals surface area (Å²) in [5.41, 5.74) is 0.921. The van der Waals surface area contributed by atoms with Gasteiger partial charge in [-0.25, -0.2) is 4.39 Å². The topological polar surface area (TPSA) is 39.1 Å². The summed E-state index contributed by atoms with van der Waals surface area (Å²) >= 11 is 0. The van der Waals surface area contributed by atoms with Crippen LogP contribution in [-0.2, 0) is 0 Å². The molecule has 1 N–H and O–H groups in total. The van der Waals surface area contributed by atoms with Crippen LogP contribution in [0, 0.1) is 23.1 Å². The first-order valence-electron chi connectivity index (χ1n) is 7.32. The lowest BCUT2D eigenvalue weighted by Crippen LogP contribution is -2.41. The molecule has 4 heteroatoms. The number of nitrogens with zero attached hydrogens (tertiary/aromatic N) is 2. The van der Waals surface area contributed by atoms with Crippen LogP contribution in [0.5, 0.6) is 0 Å². The predicted molar refractivity (Wildman–Crippen MR) is 79.0 cm³/mol. The lowest BCUT2D eigenvalue weighted by molar-refractivity contribution is 0.172. The molecule has 0 amide bonds. The quantitative estimate of drug-likeness (QED) is 0.917. The maximum Gasteiger partial charge on any atom is 0.141 e. The van der Waals surface area contributed by atoms with Crippen LogP contribution < -0.4 is 5.32 Å². The summed E-state index contributed by atoms with van der Waals surface area (Å²) in [6.07, 6.45) is 2.45. The third-order valence-corrected chi connectivity index (χ3v) is 4.18. The first-order valence-corrected chi connectivity index (χ1v) is 7.32. The number of piperidine rings is 1. The van der Waals surface area contributed by atoms with E-state index < -0.39 is 5.82 Å². The van der Waals surface area contributed by atoms with Crippen molar-refractivity contribution in [3.05, 3.63) is 29.6 Å². The molecule has 1 fully saturated rings. The van der Waals surface area contributed by atoms with E-state index in [-0.39, 0.29) is 5.56 Å². The summed E-state index contributed by atoms with van der Waals surface area (Å²) in [5, 5.41) is 12.3. The summed E-state index contributed by atoms with van der Waals surface area (Å²) in [5.74, 6) is 0.139. The van der Waals surface area contributed by atoms with Gasteiger partial charge in [-0.15, -0.1) is 0 Å². The average Bonchev–Trinajstić information content (AvgIpc) is 2.49. The van der Waals surface area contributed by atoms with E-state index in [0.717, 1.165) is 18.8 Å². The van der Waals surface area contributed by atoms with Gasteiger partial charge in [-0.2, -0.15) is 5.26 Å². The highest BCUT2D eigenvalue weighted by Crippen LogP contribution is 2.23. The monoisotopic (exact) mass is 275 g/mol. The molecule has 0 spiro atoms. The van der Waals surface area contributed by atoms with Crippen LogP contribution in [0.3, 0.4) is 0 Å². The second kappa shape index (κ2) is 6.71. The number of halogens is 1. The molecule has 0 aliphatic carbocycles. The van der Waals surface area contributed by atoms with E-state index in [1.54, 1.807) is 12.1 Å². The molecule has 1 aromatic rings. The van der Waals surface area contributed by atoms with Crippen LogP contribution in [0.2, 0.25) is 0 Å². The standard InChI is InChI=1S/C16H22FN3/c1-3-20-8-4-5-13(11-20)12(2)19-15-6-7-16(17)14(9-15)10-18/h6-7,9,12-13,19H,3-5,8,11H2,1-2H3. The van der Waals surface area contributed by atoms with Gasteiger partial charge in [-0.1, -0.05) is 6.92 Å². The third kappa shape index (κ3) is 3.49. The number of likely N-dealkylation sites (tertiary alicyclic amines) is 1. The lowest BCUT2D eigenvalue weighted by Gasteiger charge is -2.35. The Labute approximate surface area is 120 Å². The van der Waals surface area contributed by atoms with Crippen LogP contribution in [0.4, 0.5) is 10.1 Å².